The predicted molar refractivity (Wildman–Crippen MR) is 68.1 cm³/mol. The standard InChI is InChI=1S/C13H16N4/c1-10-7-8-12-15-13(16-17(12)9-10)14-11-5-3-2-4-6-11/h2-3,7-9,11H,4-6H2,1H3,(H,14,16). The van der Waals surface area contributed by atoms with Gasteiger partial charge < -0.3 is 5.32 Å². The van der Waals surface area contributed by atoms with Gasteiger partial charge in [0.1, 0.15) is 0 Å². The average Bonchev–Trinajstić information content (AvgIpc) is 2.71. The molecule has 0 aromatic carbocycles. The van der Waals surface area contributed by atoms with E-state index in [4.69, 9.17) is 0 Å². The maximum absolute atomic E-state index is 4.46. The van der Waals surface area contributed by atoms with Crippen LogP contribution in [0.3, 0.4) is 0 Å². The van der Waals surface area contributed by atoms with Crippen LogP contribution in [0, 0.1) is 6.92 Å². The molecule has 1 atom stereocenters. The van der Waals surface area contributed by atoms with E-state index in [0.29, 0.717) is 6.04 Å². The molecule has 0 saturated carbocycles. The first-order chi connectivity index (χ1) is 8.31. The normalized spacial score (nSPS) is 19.7. The maximum atomic E-state index is 4.46. The summed E-state index contributed by atoms with van der Waals surface area (Å²) in [5.41, 5.74) is 2.08. The number of aromatic nitrogens is 3. The molecule has 4 nitrogen and oxygen atoms in total. The van der Waals surface area contributed by atoms with E-state index in [1.165, 1.54) is 5.56 Å². The summed E-state index contributed by atoms with van der Waals surface area (Å²) < 4.78 is 1.83. The van der Waals surface area contributed by atoms with Crippen molar-refractivity contribution >= 4 is 11.6 Å². The van der Waals surface area contributed by atoms with Crippen molar-refractivity contribution in [2.45, 2.75) is 32.2 Å². The number of hydrogen-bond donors (Lipinski definition) is 1. The largest absolute Gasteiger partial charge is 0.350 e. The number of fused-ring (bicyclic) bond motifs is 1. The van der Waals surface area contributed by atoms with Gasteiger partial charge in [-0.2, -0.15) is 4.98 Å². The molecule has 2 aromatic rings. The summed E-state index contributed by atoms with van der Waals surface area (Å²) in [6, 6.07) is 4.52. The molecule has 0 spiro atoms. The summed E-state index contributed by atoms with van der Waals surface area (Å²) in [5.74, 6) is 0.732. The molecular formula is C13H16N4. The van der Waals surface area contributed by atoms with Crippen molar-refractivity contribution in [2.75, 3.05) is 5.32 Å². The zero-order chi connectivity index (χ0) is 11.7. The molecule has 2 heterocycles. The van der Waals surface area contributed by atoms with E-state index >= 15 is 0 Å². The summed E-state index contributed by atoms with van der Waals surface area (Å²) in [5, 5.41) is 7.83. The van der Waals surface area contributed by atoms with Crippen LogP contribution in [-0.2, 0) is 0 Å². The van der Waals surface area contributed by atoms with Crippen LogP contribution < -0.4 is 5.32 Å². The highest BCUT2D eigenvalue weighted by Gasteiger charge is 2.12. The number of aryl methyl sites for hydroxylation is 1. The van der Waals surface area contributed by atoms with Gasteiger partial charge >= 0.3 is 0 Å². The van der Waals surface area contributed by atoms with E-state index in [9.17, 15) is 0 Å². The summed E-state index contributed by atoms with van der Waals surface area (Å²) in [6.45, 7) is 2.06. The van der Waals surface area contributed by atoms with Gasteiger partial charge in [-0.3, -0.25) is 0 Å². The lowest BCUT2D eigenvalue weighted by atomic mass is 10.0. The van der Waals surface area contributed by atoms with Crippen molar-refractivity contribution in [3.8, 4) is 0 Å². The van der Waals surface area contributed by atoms with Crippen LogP contribution >= 0.6 is 0 Å². The van der Waals surface area contributed by atoms with Crippen LogP contribution in [0.5, 0.6) is 0 Å². The molecule has 0 amide bonds. The minimum Gasteiger partial charge on any atom is -0.350 e. The molecular weight excluding hydrogens is 212 g/mol. The third-order valence-corrected chi connectivity index (χ3v) is 3.08. The van der Waals surface area contributed by atoms with Crippen LogP contribution in [-0.4, -0.2) is 20.6 Å². The molecule has 1 N–H and O–H groups in total. The van der Waals surface area contributed by atoms with Crippen LogP contribution in [0.15, 0.2) is 30.5 Å². The van der Waals surface area contributed by atoms with Crippen molar-refractivity contribution in [1.29, 1.82) is 0 Å². The highest BCUT2D eigenvalue weighted by Crippen LogP contribution is 2.15. The highest BCUT2D eigenvalue weighted by atomic mass is 15.3. The second kappa shape index (κ2) is 4.20. The Hall–Kier alpha value is -1.84. The Morgan fingerprint density at radius 2 is 2.29 bits per heavy atom. The van der Waals surface area contributed by atoms with E-state index in [-0.39, 0.29) is 0 Å². The lowest BCUT2D eigenvalue weighted by molar-refractivity contribution is 0.639. The van der Waals surface area contributed by atoms with Gasteiger partial charge in [0.05, 0.1) is 0 Å². The van der Waals surface area contributed by atoms with Crippen LogP contribution in [0.25, 0.3) is 5.65 Å². The van der Waals surface area contributed by atoms with Gasteiger partial charge in [0.15, 0.2) is 5.65 Å². The minimum atomic E-state index is 0.471. The Labute approximate surface area is 100 Å². The number of hydrogen-bond acceptors (Lipinski definition) is 3. The van der Waals surface area contributed by atoms with Gasteiger partial charge in [0.25, 0.3) is 0 Å². The van der Waals surface area contributed by atoms with Crippen molar-refractivity contribution in [3.63, 3.8) is 0 Å². The summed E-state index contributed by atoms with van der Waals surface area (Å²) in [7, 11) is 0. The number of nitrogens with one attached hydrogen (secondary N) is 1. The van der Waals surface area contributed by atoms with Gasteiger partial charge in [-0.05, 0) is 37.8 Å². The van der Waals surface area contributed by atoms with Crippen molar-refractivity contribution in [1.82, 2.24) is 14.6 Å². The van der Waals surface area contributed by atoms with Gasteiger partial charge in [-0.1, -0.05) is 18.2 Å². The number of nitrogens with zero attached hydrogens (tertiary/aromatic N) is 3. The quantitative estimate of drug-likeness (QED) is 0.803. The zero-order valence-electron chi connectivity index (χ0n) is 9.93. The molecule has 0 fully saturated rings. The van der Waals surface area contributed by atoms with E-state index < -0.39 is 0 Å². The fourth-order valence-corrected chi connectivity index (χ4v) is 2.15. The number of anilines is 1. The fraction of sp³-hybridized carbons (Fsp3) is 0.385. The van der Waals surface area contributed by atoms with Crippen molar-refractivity contribution in [3.05, 3.63) is 36.0 Å². The highest BCUT2D eigenvalue weighted by molar-refractivity contribution is 5.44. The topological polar surface area (TPSA) is 42.2 Å². The molecule has 88 valence electrons. The van der Waals surface area contributed by atoms with Crippen LogP contribution in [0.1, 0.15) is 24.8 Å². The molecule has 0 aliphatic heterocycles. The Balaban J connectivity index is 1.83. The predicted octanol–water partition coefficient (Wildman–Crippen LogP) is 2.56. The monoisotopic (exact) mass is 228 g/mol. The summed E-state index contributed by atoms with van der Waals surface area (Å²) >= 11 is 0. The lowest BCUT2D eigenvalue weighted by Gasteiger charge is -2.17. The first-order valence-electron chi connectivity index (χ1n) is 6.06. The molecule has 0 bridgehead atoms. The summed E-state index contributed by atoms with van der Waals surface area (Å²) in [6.07, 6.45) is 9.82. The lowest BCUT2D eigenvalue weighted by Crippen LogP contribution is -2.20. The molecule has 1 unspecified atom stereocenters. The molecule has 17 heavy (non-hydrogen) atoms. The van der Waals surface area contributed by atoms with Crippen molar-refractivity contribution < 1.29 is 0 Å². The molecule has 0 saturated heterocycles. The molecule has 4 heteroatoms. The van der Waals surface area contributed by atoms with Crippen molar-refractivity contribution in [2.24, 2.45) is 0 Å². The van der Waals surface area contributed by atoms with Gasteiger partial charge in [0.2, 0.25) is 5.95 Å². The third-order valence-electron chi connectivity index (χ3n) is 3.08. The molecule has 0 radical (unpaired) electrons. The molecule has 1 aliphatic rings. The third kappa shape index (κ3) is 2.16. The zero-order valence-corrected chi connectivity index (χ0v) is 9.93. The number of pyridine rings is 1. The molecule has 2 aromatic heterocycles. The fourth-order valence-electron chi connectivity index (χ4n) is 2.15. The minimum absolute atomic E-state index is 0.471. The SMILES string of the molecule is Cc1ccc2nc(NC3CC=CCC3)nn2c1. The second-order valence-corrected chi connectivity index (χ2v) is 4.57. The second-order valence-electron chi connectivity index (χ2n) is 4.57. The van der Waals surface area contributed by atoms with Gasteiger partial charge in [-0.25, -0.2) is 4.52 Å². The number of allylic oxidation sites excluding steroid dienone is 1. The van der Waals surface area contributed by atoms with Crippen LogP contribution in [0.4, 0.5) is 5.95 Å². The number of rotatable bonds is 2. The Morgan fingerprint density at radius 3 is 3.12 bits per heavy atom. The summed E-state index contributed by atoms with van der Waals surface area (Å²) in [4.78, 5) is 4.46. The van der Waals surface area contributed by atoms with E-state index in [1.807, 2.05) is 16.8 Å². The average molecular weight is 228 g/mol. The maximum Gasteiger partial charge on any atom is 0.243 e. The van der Waals surface area contributed by atoms with E-state index in [1.54, 1.807) is 0 Å². The first-order valence-corrected chi connectivity index (χ1v) is 6.06. The Bertz CT molecular complexity index is 556. The smallest absolute Gasteiger partial charge is 0.243 e. The first kappa shape index (κ1) is 10.3. The van der Waals surface area contributed by atoms with E-state index in [0.717, 1.165) is 30.9 Å². The Kier molecular flexibility index (Phi) is 2.55. The van der Waals surface area contributed by atoms with Crippen LogP contribution in [0.2, 0.25) is 0 Å². The van der Waals surface area contributed by atoms with Gasteiger partial charge in [0, 0.05) is 12.2 Å². The molecule has 3 rings (SSSR count). The van der Waals surface area contributed by atoms with E-state index in [2.05, 4.69) is 40.5 Å². The molecule has 1 aliphatic carbocycles. The van der Waals surface area contributed by atoms with Gasteiger partial charge in [-0.15, -0.1) is 5.10 Å². The Morgan fingerprint density at radius 1 is 1.35 bits per heavy atom.